The highest BCUT2D eigenvalue weighted by Gasteiger charge is 2.30. The number of ether oxygens (including phenoxy) is 2. The van der Waals surface area contributed by atoms with Gasteiger partial charge in [-0.1, -0.05) is 23.5 Å². The number of nitrogens with one attached hydrogen (secondary N) is 1. The maximum Gasteiger partial charge on any atom is 0.264 e. The second kappa shape index (κ2) is 11.8. The normalized spacial score (nSPS) is 17.0. The molecule has 2 aliphatic rings. The molecule has 6 nitrogen and oxygen atoms in total. The molecule has 2 fully saturated rings. The molecule has 35 heavy (non-hydrogen) atoms. The molecule has 190 valence electrons. The number of hydrogen-bond acceptors (Lipinski definition) is 6. The van der Waals surface area contributed by atoms with E-state index < -0.39 is 11.7 Å². The monoisotopic (exact) mass is 521 g/mol. The van der Waals surface area contributed by atoms with Crippen LogP contribution in [0.15, 0.2) is 24.4 Å². The maximum absolute atomic E-state index is 14.6. The van der Waals surface area contributed by atoms with Crippen LogP contribution in [0.3, 0.4) is 0 Å². The fourth-order valence-electron chi connectivity index (χ4n) is 4.37. The molecular weight excluding hydrogens is 489 g/mol. The number of piperidine rings is 1. The van der Waals surface area contributed by atoms with Gasteiger partial charge in [-0.2, -0.15) is 0 Å². The fourth-order valence-corrected chi connectivity index (χ4v) is 4.90. The number of pyridine rings is 1. The first-order valence-electron chi connectivity index (χ1n) is 12.2. The molecular formula is C26H33ClFN3O3S. The highest BCUT2D eigenvalue weighted by Crippen LogP contribution is 2.45. The number of carbonyl (C=O) groups is 1. The summed E-state index contributed by atoms with van der Waals surface area (Å²) in [4.78, 5) is 18.9. The molecule has 2 heterocycles. The molecule has 1 aliphatic carbocycles. The molecule has 0 spiro atoms. The Morgan fingerprint density at radius 1 is 1.26 bits per heavy atom. The Labute approximate surface area is 216 Å². The number of carbonyl (C=O) groups excluding carboxylic acids is 1. The van der Waals surface area contributed by atoms with Crippen molar-refractivity contribution in [3.05, 3.63) is 51.9 Å². The van der Waals surface area contributed by atoms with Crippen molar-refractivity contribution in [3.63, 3.8) is 0 Å². The first-order valence-corrected chi connectivity index (χ1v) is 13.8. The van der Waals surface area contributed by atoms with Gasteiger partial charge < -0.3 is 9.47 Å². The lowest BCUT2D eigenvalue weighted by Gasteiger charge is -2.32. The van der Waals surface area contributed by atoms with Gasteiger partial charge in [0.25, 0.3) is 5.91 Å². The van der Waals surface area contributed by atoms with Crippen LogP contribution in [0.1, 0.15) is 66.9 Å². The van der Waals surface area contributed by atoms with Crippen LogP contribution in [0, 0.1) is 11.7 Å². The molecule has 1 aromatic heterocycles. The molecule has 4 rings (SSSR count). The summed E-state index contributed by atoms with van der Waals surface area (Å²) < 4.78 is 29.0. The Kier molecular flexibility index (Phi) is 8.78. The Balaban J connectivity index is 1.30. The van der Waals surface area contributed by atoms with Crippen molar-refractivity contribution in [2.75, 3.05) is 26.0 Å². The van der Waals surface area contributed by atoms with E-state index in [1.807, 2.05) is 26.1 Å². The summed E-state index contributed by atoms with van der Waals surface area (Å²) in [7, 11) is 0. The Morgan fingerprint density at radius 3 is 2.63 bits per heavy atom. The largest absolute Gasteiger partial charge is 0.493 e. The van der Waals surface area contributed by atoms with Gasteiger partial charge in [-0.3, -0.25) is 14.4 Å². The second-order valence-electron chi connectivity index (χ2n) is 9.61. The zero-order valence-electron chi connectivity index (χ0n) is 20.5. The van der Waals surface area contributed by atoms with Crippen molar-refractivity contribution in [3.8, 4) is 11.6 Å². The van der Waals surface area contributed by atoms with E-state index in [9.17, 15) is 9.18 Å². The predicted molar refractivity (Wildman–Crippen MR) is 138 cm³/mol. The average molecular weight is 522 g/mol. The molecule has 1 N–H and O–H groups in total. The van der Waals surface area contributed by atoms with E-state index in [2.05, 4.69) is 14.6 Å². The third-order valence-corrected chi connectivity index (χ3v) is 7.02. The topological polar surface area (TPSA) is 63.7 Å². The molecule has 2 aromatic rings. The number of halogens is 2. The fraction of sp³-hybridized carbons (Fsp3) is 0.538. The van der Waals surface area contributed by atoms with Crippen molar-refractivity contribution >= 4 is 29.5 Å². The highest BCUT2D eigenvalue weighted by atomic mass is 35.5. The van der Waals surface area contributed by atoms with Crippen LogP contribution in [0.4, 0.5) is 4.39 Å². The summed E-state index contributed by atoms with van der Waals surface area (Å²) in [5.41, 5.74) is 2.10. The van der Waals surface area contributed by atoms with Gasteiger partial charge >= 0.3 is 0 Å². The first kappa shape index (κ1) is 26.0. The van der Waals surface area contributed by atoms with Crippen LogP contribution in [-0.4, -0.2) is 47.8 Å². The van der Waals surface area contributed by atoms with Crippen LogP contribution < -0.4 is 14.2 Å². The summed E-state index contributed by atoms with van der Waals surface area (Å²) in [6, 6.07) is 4.99. The van der Waals surface area contributed by atoms with Crippen LogP contribution in [-0.2, 0) is 6.54 Å². The van der Waals surface area contributed by atoms with Gasteiger partial charge in [0.1, 0.15) is 16.6 Å². The lowest BCUT2D eigenvalue weighted by molar-refractivity contribution is 0.0980. The summed E-state index contributed by atoms with van der Waals surface area (Å²) in [5, 5.41) is 0.537. The second-order valence-corrected chi connectivity index (χ2v) is 10.6. The minimum Gasteiger partial charge on any atom is -0.493 e. The Hall–Kier alpha value is -2.03. The molecule has 0 radical (unpaired) electrons. The van der Waals surface area contributed by atoms with E-state index in [0.29, 0.717) is 35.1 Å². The van der Waals surface area contributed by atoms with Crippen molar-refractivity contribution in [1.29, 1.82) is 0 Å². The number of amides is 1. The lowest BCUT2D eigenvalue weighted by Crippen LogP contribution is -2.35. The van der Waals surface area contributed by atoms with Crippen LogP contribution in [0.5, 0.6) is 11.6 Å². The predicted octanol–water partition coefficient (Wildman–Crippen LogP) is 5.84. The zero-order valence-corrected chi connectivity index (χ0v) is 22.1. The average Bonchev–Trinajstić information content (AvgIpc) is 3.66. The number of rotatable bonds is 10. The molecule has 1 saturated heterocycles. The van der Waals surface area contributed by atoms with Crippen molar-refractivity contribution < 1.29 is 18.7 Å². The summed E-state index contributed by atoms with van der Waals surface area (Å²) in [6.45, 7) is 7.14. The molecule has 0 atom stereocenters. The first-order chi connectivity index (χ1) is 16.8. The molecule has 0 unspecified atom stereocenters. The summed E-state index contributed by atoms with van der Waals surface area (Å²) >= 11 is 7.50. The molecule has 1 saturated carbocycles. The van der Waals surface area contributed by atoms with Gasteiger partial charge in [0, 0.05) is 25.1 Å². The quantitative estimate of drug-likeness (QED) is 0.396. The van der Waals surface area contributed by atoms with Gasteiger partial charge in [0.05, 0.1) is 18.3 Å². The minimum absolute atomic E-state index is 0.0292. The van der Waals surface area contributed by atoms with Gasteiger partial charge in [0.15, 0.2) is 0 Å². The minimum atomic E-state index is -0.539. The molecule has 0 bridgehead atoms. The van der Waals surface area contributed by atoms with Crippen molar-refractivity contribution in [1.82, 2.24) is 14.6 Å². The lowest BCUT2D eigenvalue weighted by atomic mass is 9.97. The van der Waals surface area contributed by atoms with Crippen LogP contribution in [0.2, 0.25) is 5.02 Å². The van der Waals surface area contributed by atoms with E-state index in [-0.39, 0.29) is 11.7 Å². The Morgan fingerprint density at radius 2 is 2.00 bits per heavy atom. The third-order valence-electron chi connectivity index (χ3n) is 6.36. The van der Waals surface area contributed by atoms with E-state index >= 15 is 0 Å². The molecule has 1 aliphatic heterocycles. The van der Waals surface area contributed by atoms with Crippen LogP contribution >= 0.6 is 23.5 Å². The number of nitrogens with zero attached hydrogens (tertiary/aromatic N) is 2. The van der Waals surface area contributed by atoms with E-state index in [0.717, 1.165) is 68.4 Å². The standard InChI is InChI=1S/C26H33ClFN3O3S/c1-16(2)34-26-22(27)10-18(13-29-26)14-31-8-6-17(7-9-31)15-33-24-12-23(28)21(25(32)30-35-3)11-20(24)19-4-5-19/h10-13,16-17,19H,4-9,14-15H2,1-3H3,(H,30,32). The number of benzene rings is 1. The smallest absolute Gasteiger partial charge is 0.264 e. The zero-order chi connectivity index (χ0) is 24.9. The van der Waals surface area contributed by atoms with Gasteiger partial charge in [-0.05, 0) is 87.7 Å². The van der Waals surface area contributed by atoms with Gasteiger partial charge in [-0.25, -0.2) is 9.37 Å². The van der Waals surface area contributed by atoms with E-state index in [1.165, 1.54) is 6.07 Å². The van der Waals surface area contributed by atoms with Gasteiger partial charge in [-0.15, -0.1) is 0 Å². The molecule has 1 amide bonds. The molecule has 1 aromatic carbocycles. The highest BCUT2D eigenvalue weighted by molar-refractivity contribution is 7.97. The number of aromatic nitrogens is 1. The summed E-state index contributed by atoms with van der Waals surface area (Å²) in [6.07, 6.45) is 7.71. The third kappa shape index (κ3) is 7.02. The van der Waals surface area contributed by atoms with E-state index in [1.54, 1.807) is 12.3 Å². The summed E-state index contributed by atoms with van der Waals surface area (Å²) in [5.74, 6) is 0.867. The van der Waals surface area contributed by atoms with Crippen LogP contribution in [0.25, 0.3) is 0 Å². The Bertz CT molecular complexity index is 1040. The van der Waals surface area contributed by atoms with Gasteiger partial charge in [0.2, 0.25) is 5.88 Å². The van der Waals surface area contributed by atoms with Crippen molar-refractivity contribution in [2.45, 2.75) is 58.1 Å². The van der Waals surface area contributed by atoms with E-state index in [4.69, 9.17) is 21.1 Å². The number of hydrogen-bond donors (Lipinski definition) is 1. The molecule has 9 heteroatoms. The maximum atomic E-state index is 14.6. The number of likely N-dealkylation sites (tertiary alicyclic amines) is 1. The van der Waals surface area contributed by atoms with Crippen molar-refractivity contribution in [2.24, 2.45) is 5.92 Å². The SMILES string of the molecule is CSNC(=O)c1cc(C2CC2)c(OCC2CCN(Cc3cnc(OC(C)C)c(Cl)c3)CC2)cc1F.